The van der Waals surface area contributed by atoms with Gasteiger partial charge in [0, 0.05) is 17.9 Å². The molecule has 2 N–H and O–H groups in total. The molecule has 0 radical (unpaired) electrons. The molecule has 0 unspecified atom stereocenters. The Labute approximate surface area is 137 Å². The second-order valence-corrected chi connectivity index (χ2v) is 6.58. The van der Waals surface area contributed by atoms with E-state index >= 15 is 0 Å². The Morgan fingerprint density at radius 3 is 2.74 bits per heavy atom. The van der Waals surface area contributed by atoms with E-state index < -0.39 is 17.5 Å². The van der Waals surface area contributed by atoms with Crippen LogP contribution >= 0.6 is 11.8 Å². The molecule has 0 aliphatic carbocycles. The van der Waals surface area contributed by atoms with E-state index in [2.05, 4.69) is 25.8 Å². The van der Waals surface area contributed by atoms with Gasteiger partial charge in [-0.3, -0.25) is 15.1 Å². The number of amides is 3. The van der Waals surface area contributed by atoms with Crippen LogP contribution in [0.4, 0.5) is 4.79 Å². The number of nitrogens with zero attached hydrogens (tertiary/aromatic N) is 3. The predicted octanol–water partition coefficient (Wildman–Crippen LogP) is 1.85. The maximum Gasteiger partial charge on any atom is 0.321 e. The second kappa shape index (κ2) is 7.23. The minimum absolute atomic E-state index is 0.00770. The van der Waals surface area contributed by atoms with E-state index in [1.165, 1.54) is 0 Å². The lowest BCUT2D eigenvalue weighted by atomic mass is 10.1. The molecule has 2 rings (SSSR count). The third kappa shape index (κ3) is 5.70. The molecule has 0 aliphatic heterocycles. The third-order valence-electron chi connectivity index (χ3n) is 2.38. The van der Waals surface area contributed by atoms with Crippen molar-refractivity contribution in [1.29, 1.82) is 0 Å². The third-order valence-corrected chi connectivity index (χ3v) is 3.20. The first-order valence-corrected chi connectivity index (χ1v) is 7.81. The molecule has 0 aromatic carbocycles. The first-order valence-electron chi connectivity index (χ1n) is 6.82. The highest BCUT2D eigenvalue weighted by Gasteiger charge is 2.16. The number of imide groups is 1. The smallest absolute Gasteiger partial charge is 0.321 e. The molecule has 9 heteroatoms. The van der Waals surface area contributed by atoms with Gasteiger partial charge in [0.15, 0.2) is 0 Å². The number of thioether (sulfide) groups is 1. The van der Waals surface area contributed by atoms with E-state index in [1.807, 2.05) is 20.8 Å². The highest BCUT2D eigenvalue weighted by Crippen LogP contribution is 2.22. The topological polar surface area (TPSA) is 110 Å². The van der Waals surface area contributed by atoms with Gasteiger partial charge >= 0.3 is 6.03 Å². The van der Waals surface area contributed by atoms with Gasteiger partial charge in [-0.2, -0.15) is 0 Å². The van der Waals surface area contributed by atoms with Crippen molar-refractivity contribution in [2.45, 2.75) is 31.5 Å². The number of urea groups is 1. The lowest BCUT2D eigenvalue weighted by Gasteiger charge is -2.20. The van der Waals surface area contributed by atoms with Crippen LogP contribution in [0.1, 0.15) is 20.8 Å². The summed E-state index contributed by atoms with van der Waals surface area (Å²) in [4.78, 5) is 27.2. The van der Waals surface area contributed by atoms with Crippen LogP contribution in [0.15, 0.2) is 34.2 Å². The van der Waals surface area contributed by atoms with Crippen molar-refractivity contribution in [3.05, 3.63) is 24.5 Å². The number of pyridine rings is 1. The summed E-state index contributed by atoms with van der Waals surface area (Å²) >= 11 is 1.05. The van der Waals surface area contributed by atoms with E-state index in [-0.39, 0.29) is 11.0 Å². The quantitative estimate of drug-likeness (QED) is 0.820. The minimum atomic E-state index is -0.537. The monoisotopic (exact) mass is 335 g/mol. The van der Waals surface area contributed by atoms with Crippen LogP contribution in [-0.4, -0.2) is 38.4 Å². The highest BCUT2D eigenvalue weighted by atomic mass is 32.2. The summed E-state index contributed by atoms with van der Waals surface area (Å²) in [7, 11) is 0. The van der Waals surface area contributed by atoms with Gasteiger partial charge in [-0.05, 0) is 32.9 Å². The van der Waals surface area contributed by atoms with E-state index in [0.717, 1.165) is 11.8 Å². The van der Waals surface area contributed by atoms with Crippen LogP contribution in [0.2, 0.25) is 0 Å². The number of nitrogens with one attached hydrogen (secondary N) is 2. The normalized spacial score (nSPS) is 11.1. The van der Waals surface area contributed by atoms with Gasteiger partial charge in [0.25, 0.3) is 5.22 Å². The molecule has 0 saturated carbocycles. The molecule has 0 saturated heterocycles. The van der Waals surface area contributed by atoms with Crippen LogP contribution in [-0.2, 0) is 4.79 Å². The molecule has 0 atom stereocenters. The zero-order chi connectivity index (χ0) is 16.9. The fourth-order valence-corrected chi connectivity index (χ4v) is 2.10. The molecule has 122 valence electrons. The van der Waals surface area contributed by atoms with Crippen LogP contribution < -0.4 is 10.6 Å². The first kappa shape index (κ1) is 16.9. The van der Waals surface area contributed by atoms with E-state index in [1.54, 1.807) is 24.5 Å². The van der Waals surface area contributed by atoms with E-state index in [4.69, 9.17) is 4.42 Å². The zero-order valence-corrected chi connectivity index (χ0v) is 13.8. The predicted molar refractivity (Wildman–Crippen MR) is 84.7 cm³/mol. The summed E-state index contributed by atoms with van der Waals surface area (Å²) in [6.07, 6.45) is 3.24. The van der Waals surface area contributed by atoms with Crippen LogP contribution in [0.5, 0.6) is 0 Å². The number of aromatic nitrogens is 3. The fraction of sp³-hybridized carbons (Fsp3) is 0.357. The average Bonchev–Trinajstić information content (AvgIpc) is 2.93. The van der Waals surface area contributed by atoms with Crippen molar-refractivity contribution in [3.63, 3.8) is 0 Å². The van der Waals surface area contributed by atoms with Gasteiger partial charge in [-0.1, -0.05) is 11.8 Å². The summed E-state index contributed by atoms with van der Waals surface area (Å²) in [6, 6.07) is 3.01. The summed E-state index contributed by atoms with van der Waals surface area (Å²) in [6.45, 7) is 5.47. The van der Waals surface area contributed by atoms with Crippen molar-refractivity contribution in [2.75, 3.05) is 5.75 Å². The molecule has 2 aromatic heterocycles. The largest absolute Gasteiger partial charge is 0.411 e. The second-order valence-electron chi connectivity index (χ2n) is 5.66. The highest BCUT2D eigenvalue weighted by molar-refractivity contribution is 7.99. The molecule has 2 aromatic rings. The van der Waals surface area contributed by atoms with Crippen molar-refractivity contribution in [3.8, 4) is 11.5 Å². The summed E-state index contributed by atoms with van der Waals surface area (Å²) < 4.78 is 5.43. The lowest BCUT2D eigenvalue weighted by Crippen LogP contribution is -2.48. The van der Waals surface area contributed by atoms with Crippen molar-refractivity contribution in [1.82, 2.24) is 25.8 Å². The fourth-order valence-electron chi connectivity index (χ4n) is 1.54. The average molecular weight is 335 g/mol. The van der Waals surface area contributed by atoms with Gasteiger partial charge in [0.05, 0.1) is 11.3 Å². The van der Waals surface area contributed by atoms with Crippen LogP contribution in [0.3, 0.4) is 0 Å². The molecular formula is C14H17N5O3S. The number of hydrogen-bond acceptors (Lipinski definition) is 7. The van der Waals surface area contributed by atoms with Crippen LogP contribution in [0, 0.1) is 0 Å². The number of carbonyl (C=O) groups is 2. The van der Waals surface area contributed by atoms with Crippen LogP contribution in [0.25, 0.3) is 11.5 Å². The van der Waals surface area contributed by atoms with Gasteiger partial charge in [-0.15, -0.1) is 10.2 Å². The molecule has 0 bridgehead atoms. The van der Waals surface area contributed by atoms with Crippen molar-refractivity contribution < 1.29 is 14.0 Å². The Balaban J connectivity index is 1.83. The SMILES string of the molecule is CC(C)(C)NC(=O)NC(=O)CSc1nnc(-c2cccnc2)o1. The molecule has 0 aliphatic rings. The Kier molecular flexibility index (Phi) is 5.32. The van der Waals surface area contributed by atoms with Crippen molar-refractivity contribution in [2.24, 2.45) is 0 Å². The van der Waals surface area contributed by atoms with E-state index in [0.29, 0.717) is 11.5 Å². The number of hydrogen-bond donors (Lipinski definition) is 2. The number of carbonyl (C=O) groups excluding carboxylic acids is 2. The maximum absolute atomic E-state index is 11.7. The van der Waals surface area contributed by atoms with Gasteiger partial charge in [0.2, 0.25) is 11.8 Å². The zero-order valence-electron chi connectivity index (χ0n) is 13.0. The Morgan fingerprint density at radius 1 is 1.30 bits per heavy atom. The lowest BCUT2D eigenvalue weighted by molar-refractivity contribution is -0.117. The molecule has 3 amide bonds. The Bertz CT molecular complexity index is 681. The molecule has 23 heavy (non-hydrogen) atoms. The summed E-state index contributed by atoms with van der Waals surface area (Å²) in [5.74, 6) is -0.129. The maximum atomic E-state index is 11.7. The molecule has 0 fully saturated rings. The first-order chi connectivity index (χ1) is 10.8. The van der Waals surface area contributed by atoms with Gasteiger partial charge < -0.3 is 9.73 Å². The summed E-state index contributed by atoms with van der Waals surface area (Å²) in [5, 5.41) is 12.8. The molecule has 0 spiro atoms. The van der Waals surface area contributed by atoms with Gasteiger partial charge in [-0.25, -0.2) is 4.79 Å². The van der Waals surface area contributed by atoms with Gasteiger partial charge in [0.1, 0.15) is 0 Å². The molecule has 2 heterocycles. The minimum Gasteiger partial charge on any atom is -0.411 e. The standard InChI is InChI=1S/C14H17N5O3S/c1-14(2,3)17-12(21)16-10(20)8-23-13-19-18-11(22-13)9-5-4-6-15-7-9/h4-7H,8H2,1-3H3,(H2,16,17,20,21). The Morgan fingerprint density at radius 2 is 2.09 bits per heavy atom. The van der Waals surface area contributed by atoms with E-state index in [9.17, 15) is 9.59 Å². The number of rotatable bonds is 4. The van der Waals surface area contributed by atoms with Crippen molar-refractivity contribution >= 4 is 23.7 Å². The Hall–Kier alpha value is -2.42. The molecular weight excluding hydrogens is 318 g/mol. The summed E-state index contributed by atoms with van der Waals surface area (Å²) in [5.41, 5.74) is 0.281. The molecule has 8 nitrogen and oxygen atoms in total.